The van der Waals surface area contributed by atoms with Crippen LogP contribution < -0.4 is 14.8 Å². The van der Waals surface area contributed by atoms with Crippen LogP contribution in [0.2, 0.25) is 0 Å². The lowest BCUT2D eigenvalue weighted by molar-refractivity contribution is -0.117. The zero-order chi connectivity index (χ0) is 23.1. The molecule has 0 atom stereocenters. The molecule has 2 amide bonds. The summed E-state index contributed by atoms with van der Waals surface area (Å²) in [6.45, 7) is 1.32. The van der Waals surface area contributed by atoms with E-state index in [0.717, 1.165) is 17.7 Å². The van der Waals surface area contributed by atoms with Gasteiger partial charge in [0, 0.05) is 37.4 Å². The fourth-order valence-electron chi connectivity index (χ4n) is 3.63. The molecule has 7 nitrogen and oxygen atoms in total. The van der Waals surface area contributed by atoms with Crippen LogP contribution in [0, 0.1) is 0 Å². The molecule has 2 aromatic carbocycles. The molecule has 1 aliphatic heterocycles. The summed E-state index contributed by atoms with van der Waals surface area (Å²) < 4.78 is 34.4. The first-order valence-electron chi connectivity index (χ1n) is 10.4. The van der Waals surface area contributed by atoms with Gasteiger partial charge in [0.2, 0.25) is 5.91 Å². The lowest BCUT2D eigenvalue weighted by Crippen LogP contribution is -2.50. The largest absolute Gasteiger partial charge is 0.493 e. The van der Waals surface area contributed by atoms with E-state index in [1.165, 1.54) is 25.3 Å². The number of hydrogen-bond donors (Lipinski definition) is 1. The highest BCUT2D eigenvalue weighted by Crippen LogP contribution is 2.30. The molecule has 1 heterocycles. The zero-order valence-corrected chi connectivity index (χ0v) is 18.1. The summed E-state index contributed by atoms with van der Waals surface area (Å²) in [6.07, 6.45) is 0.831. The van der Waals surface area contributed by atoms with E-state index >= 15 is 0 Å². The SMILES string of the molecule is CCc1ccccc1NC(=O)CN1CCN(C(=O)c2ccc(OC(F)F)c(OC)c2)CC1. The highest BCUT2D eigenvalue weighted by atomic mass is 19.3. The number of methoxy groups -OCH3 is 1. The average molecular weight is 447 g/mol. The normalized spacial score (nSPS) is 14.3. The van der Waals surface area contributed by atoms with Crippen LogP contribution in [0.3, 0.4) is 0 Å². The Hall–Kier alpha value is -3.20. The standard InChI is InChI=1S/C23H27F2N3O4/c1-3-16-6-4-5-7-18(16)26-21(29)15-27-10-12-28(13-11-27)22(30)17-8-9-19(32-23(24)25)20(14-17)31-2/h4-9,14,23H,3,10-13,15H2,1-2H3,(H,26,29). The van der Waals surface area contributed by atoms with Gasteiger partial charge in [-0.1, -0.05) is 25.1 Å². The third-order valence-electron chi connectivity index (χ3n) is 5.33. The molecule has 9 heteroatoms. The molecule has 1 saturated heterocycles. The second-order valence-electron chi connectivity index (χ2n) is 7.37. The number of anilines is 1. The number of alkyl halides is 2. The Morgan fingerprint density at radius 3 is 2.44 bits per heavy atom. The molecule has 0 aliphatic carbocycles. The van der Waals surface area contributed by atoms with Crippen LogP contribution in [0.4, 0.5) is 14.5 Å². The van der Waals surface area contributed by atoms with E-state index in [9.17, 15) is 18.4 Å². The molecule has 1 N–H and O–H groups in total. The molecule has 0 bridgehead atoms. The van der Waals surface area contributed by atoms with Gasteiger partial charge in [-0.25, -0.2) is 0 Å². The Balaban J connectivity index is 1.54. The molecule has 2 aromatic rings. The average Bonchev–Trinajstić information content (AvgIpc) is 2.79. The number of hydrogen-bond acceptors (Lipinski definition) is 5. The maximum atomic E-state index is 12.8. The van der Waals surface area contributed by atoms with Gasteiger partial charge in [-0.2, -0.15) is 8.78 Å². The van der Waals surface area contributed by atoms with Crippen molar-refractivity contribution in [2.45, 2.75) is 20.0 Å². The monoisotopic (exact) mass is 447 g/mol. The van der Waals surface area contributed by atoms with E-state index in [0.29, 0.717) is 31.7 Å². The van der Waals surface area contributed by atoms with Gasteiger partial charge in [0.15, 0.2) is 11.5 Å². The van der Waals surface area contributed by atoms with Gasteiger partial charge in [0.1, 0.15) is 0 Å². The maximum absolute atomic E-state index is 12.8. The minimum atomic E-state index is -2.98. The first-order chi connectivity index (χ1) is 15.4. The van der Waals surface area contributed by atoms with Crippen molar-refractivity contribution in [3.8, 4) is 11.5 Å². The Labute approximate surface area is 185 Å². The number of benzene rings is 2. The number of amides is 2. The van der Waals surface area contributed by atoms with Crippen LogP contribution in [-0.2, 0) is 11.2 Å². The zero-order valence-electron chi connectivity index (χ0n) is 18.1. The van der Waals surface area contributed by atoms with Crippen LogP contribution in [0.1, 0.15) is 22.8 Å². The van der Waals surface area contributed by atoms with Gasteiger partial charge in [-0.15, -0.1) is 0 Å². The summed E-state index contributed by atoms with van der Waals surface area (Å²) in [5.41, 5.74) is 2.23. The summed E-state index contributed by atoms with van der Waals surface area (Å²) in [4.78, 5) is 28.9. The molecule has 1 aliphatic rings. The van der Waals surface area contributed by atoms with Crippen LogP contribution in [0.5, 0.6) is 11.5 Å². The molecule has 1 fully saturated rings. The van der Waals surface area contributed by atoms with Crippen molar-refractivity contribution < 1.29 is 27.8 Å². The van der Waals surface area contributed by atoms with E-state index < -0.39 is 6.61 Å². The van der Waals surface area contributed by atoms with Gasteiger partial charge in [0.05, 0.1) is 13.7 Å². The third kappa shape index (κ3) is 5.94. The molecular formula is C23H27F2N3O4. The Morgan fingerprint density at radius 1 is 1.06 bits per heavy atom. The van der Waals surface area contributed by atoms with Crippen molar-refractivity contribution in [1.29, 1.82) is 0 Å². The van der Waals surface area contributed by atoms with Gasteiger partial charge in [-0.3, -0.25) is 14.5 Å². The fourth-order valence-corrected chi connectivity index (χ4v) is 3.63. The minimum Gasteiger partial charge on any atom is -0.493 e. The molecule has 0 aromatic heterocycles. The number of aryl methyl sites for hydroxylation is 1. The number of rotatable bonds is 8. The van der Waals surface area contributed by atoms with E-state index in [2.05, 4.69) is 10.1 Å². The topological polar surface area (TPSA) is 71.1 Å². The highest BCUT2D eigenvalue weighted by molar-refractivity contribution is 5.95. The van der Waals surface area contributed by atoms with Crippen molar-refractivity contribution in [1.82, 2.24) is 9.80 Å². The first kappa shape index (κ1) is 23.5. The van der Waals surface area contributed by atoms with Gasteiger partial charge >= 0.3 is 6.61 Å². The Morgan fingerprint density at radius 2 is 1.78 bits per heavy atom. The second-order valence-corrected chi connectivity index (χ2v) is 7.37. The lowest BCUT2D eigenvalue weighted by Gasteiger charge is -2.34. The number of ether oxygens (including phenoxy) is 2. The van der Waals surface area contributed by atoms with Crippen molar-refractivity contribution in [2.24, 2.45) is 0 Å². The van der Waals surface area contributed by atoms with Crippen molar-refractivity contribution >= 4 is 17.5 Å². The van der Waals surface area contributed by atoms with Gasteiger partial charge in [0.25, 0.3) is 5.91 Å². The smallest absolute Gasteiger partial charge is 0.387 e. The highest BCUT2D eigenvalue weighted by Gasteiger charge is 2.24. The molecule has 0 radical (unpaired) electrons. The first-order valence-corrected chi connectivity index (χ1v) is 10.4. The summed E-state index contributed by atoms with van der Waals surface area (Å²) in [5, 5.41) is 2.96. The number of halogens is 2. The number of carbonyl (C=O) groups is 2. The molecule has 3 rings (SSSR count). The molecule has 172 valence electrons. The Bertz CT molecular complexity index is 947. The number of piperazine rings is 1. The van der Waals surface area contributed by atoms with Crippen LogP contribution >= 0.6 is 0 Å². The number of carbonyl (C=O) groups excluding carboxylic acids is 2. The quantitative estimate of drug-likeness (QED) is 0.673. The van der Waals surface area contributed by atoms with Crippen molar-refractivity contribution in [2.75, 3.05) is 45.2 Å². The predicted octanol–water partition coefficient (Wildman–Crippen LogP) is 3.26. The molecule has 0 spiro atoms. The van der Waals surface area contributed by atoms with Gasteiger partial charge in [-0.05, 0) is 36.2 Å². The molecular weight excluding hydrogens is 420 g/mol. The minimum absolute atomic E-state index is 0.0683. The molecule has 0 unspecified atom stereocenters. The second kappa shape index (κ2) is 10.9. The van der Waals surface area contributed by atoms with E-state index in [1.807, 2.05) is 36.1 Å². The number of para-hydroxylation sites is 1. The van der Waals surface area contributed by atoms with Crippen LogP contribution in [0.25, 0.3) is 0 Å². The molecule has 0 saturated carbocycles. The predicted molar refractivity (Wildman–Crippen MR) is 116 cm³/mol. The van der Waals surface area contributed by atoms with E-state index in [4.69, 9.17) is 4.74 Å². The number of nitrogens with zero attached hydrogens (tertiary/aromatic N) is 2. The van der Waals surface area contributed by atoms with E-state index in [-0.39, 0.29) is 29.9 Å². The maximum Gasteiger partial charge on any atom is 0.387 e. The van der Waals surface area contributed by atoms with Crippen molar-refractivity contribution in [3.63, 3.8) is 0 Å². The summed E-state index contributed by atoms with van der Waals surface area (Å²) in [7, 11) is 1.32. The van der Waals surface area contributed by atoms with Crippen molar-refractivity contribution in [3.05, 3.63) is 53.6 Å². The lowest BCUT2D eigenvalue weighted by atomic mass is 10.1. The van der Waals surface area contributed by atoms with Gasteiger partial charge < -0.3 is 19.7 Å². The third-order valence-corrected chi connectivity index (χ3v) is 5.33. The Kier molecular flexibility index (Phi) is 7.99. The summed E-state index contributed by atoms with van der Waals surface area (Å²) in [5.74, 6) is -0.378. The summed E-state index contributed by atoms with van der Waals surface area (Å²) >= 11 is 0. The van der Waals surface area contributed by atoms with Crippen LogP contribution in [-0.4, -0.2) is 68.1 Å². The fraction of sp³-hybridized carbons (Fsp3) is 0.391. The van der Waals surface area contributed by atoms with Crippen LogP contribution in [0.15, 0.2) is 42.5 Å². The van der Waals surface area contributed by atoms with E-state index in [1.54, 1.807) is 4.90 Å². The summed E-state index contributed by atoms with van der Waals surface area (Å²) in [6, 6.07) is 11.8. The molecule has 32 heavy (non-hydrogen) atoms. The number of nitrogens with one attached hydrogen (secondary N) is 1.